The molecule has 4 nitrogen and oxygen atoms in total. The van der Waals surface area contributed by atoms with Gasteiger partial charge in [-0.25, -0.2) is 4.79 Å². The maximum absolute atomic E-state index is 11.9. The lowest BCUT2D eigenvalue weighted by molar-refractivity contribution is 0.00234. The van der Waals surface area contributed by atoms with E-state index in [4.69, 9.17) is 4.74 Å². The van der Waals surface area contributed by atoms with Crippen molar-refractivity contribution in [2.24, 2.45) is 5.92 Å². The quantitative estimate of drug-likeness (QED) is 0.810. The summed E-state index contributed by atoms with van der Waals surface area (Å²) >= 11 is 0. The van der Waals surface area contributed by atoms with Gasteiger partial charge in [0.05, 0.1) is 6.10 Å². The van der Waals surface area contributed by atoms with E-state index in [1.54, 1.807) is 4.90 Å². The summed E-state index contributed by atoms with van der Waals surface area (Å²) in [5.74, 6) is 0.196. The van der Waals surface area contributed by atoms with Gasteiger partial charge in [0.25, 0.3) is 0 Å². The van der Waals surface area contributed by atoms with Gasteiger partial charge in [0, 0.05) is 19.0 Å². The molecule has 0 aromatic rings. The molecule has 17 heavy (non-hydrogen) atoms. The highest BCUT2D eigenvalue weighted by Gasteiger charge is 2.30. The average molecular weight is 243 g/mol. The summed E-state index contributed by atoms with van der Waals surface area (Å²) in [4.78, 5) is 13.6. The number of hydrogen-bond acceptors (Lipinski definition) is 3. The first-order valence-electron chi connectivity index (χ1n) is 6.49. The molecule has 0 aromatic carbocycles. The minimum Gasteiger partial charge on any atom is -0.444 e. The lowest BCUT2D eigenvalue weighted by atomic mass is 9.91. The molecule has 1 saturated heterocycles. The molecule has 1 N–H and O–H groups in total. The number of nitrogens with zero attached hydrogens (tertiary/aromatic N) is 1. The van der Waals surface area contributed by atoms with Crippen LogP contribution in [-0.2, 0) is 4.74 Å². The van der Waals surface area contributed by atoms with Gasteiger partial charge in [-0.3, -0.25) is 0 Å². The number of piperidine rings is 1. The van der Waals surface area contributed by atoms with Crippen LogP contribution in [0.2, 0.25) is 0 Å². The minimum atomic E-state index is -0.451. The molecule has 0 bridgehead atoms. The van der Waals surface area contributed by atoms with Gasteiger partial charge in [0.1, 0.15) is 5.60 Å². The van der Waals surface area contributed by atoms with Crippen LogP contribution < -0.4 is 0 Å². The van der Waals surface area contributed by atoms with Crippen LogP contribution in [0.5, 0.6) is 0 Å². The van der Waals surface area contributed by atoms with Crippen LogP contribution >= 0.6 is 0 Å². The lowest BCUT2D eigenvalue weighted by Crippen LogP contribution is -2.45. The summed E-state index contributed by atoms with van der Waals surface area (Å²) in [6.07, 6.45) is 2.12. The molecule has 0 saturated carbocycles. The summed E-state index contributed by atoms with van der Waals surface area (Å²) < 4.78 is 5.34. The fourth-order valence-electron chi connectivity index (χ4n) is 2.15. The molecule has 0 aromatic heterocycles. The summed E-state index contributed by atoms with van der Waals surface area (Å²) in [7, 11) is 0. The molecule has 1 fully saturated rings. The van der Waals surface area contributed by atoms with Gasteiger partial charge in [-0.1, -0.05) is 6.92 Å². The first-order chi connectivity index (χ1) is 7.83. The molecule has 1 heterocycles. The van der Waals surface area contributed by atoms with Gasteiger partial charge >= 0.3 is 6.09 Å². The van der Waals surface area contributed by atoms with Gasteiger partial charge in [-0.15, -0.1) is 0 Å². The third-order valence-electron chi connectivity index (χ3n) is 3.07. The Kier molecular flexibility index (Phi) is 4.80. The summed E-state index contributed by atoms with van der Waals surface area (Å²) in [6, 6.07) is 0. The molecule has 0 aliphatic carbocycles. The number of carbonyl (C=O) groups excluding carboxylic acids is 1. The molecule has 1 aliphatic rings. The number of aliphatic hydroxyl groups excluding tert-OH is 1. The first-order valence-corrected chi connectivity index (χ1v) is 6.49. The monoisotopic (exact) mass is 243 g/mol. The second-order valence-electron chi connectivity index (χ2n) is 5.80. The predicted octanol–water partition coefficient (Wildman–Crippen LogP) is 2.40. The van der Waals surface area contributed by atoms with E-state index in [1.165, 1.54) is 0 Å². The van der Waals surface area contributed by atoms with Crippen molar-refractivity contribution in [1.82, 2.24) is 4.90 Å². The molecule has 0 spiro atoms. The van der Waals surface area contributed by atoms with Gasteiger partial charge < -0.3 is 14.7 Å². The summed E-state index contributed by atoms with van der Waals surface area (Å²) in [6.45, 7) is 8.93. The van der Waals surface area contributed by atoms with E-state index in [1.807, 2.05) is 27.7 Å². The number of aliphatic hydroxyl groups is 1. The zero-order valence-electron chi connectivity index (χ0n) is 11.4. The zero-order chi connectivity index (χ0) is 13.1. The fraction of sp³-hybridized carbons (Fsp3) is 0.923. The molecule has 0 radical (unpaired) electrons. The van der Waals surface area contributed by atoms with Crippen molar-refractivity contribution in [3.05, 3.63) is 0 Å². The average Bonchev–Trinajstić information content (AvgIpc) is 2.26. The maximum Gasteiger partial charge on any atom is 0.410 e. The molecule has 100 valence electrons. The van der Waals surface area contributed by atoms with E-state index in [9.17, 15) is 9.90 Å². The highest BCUT2D eigenvalue weighted by atomic mass is 16.6. The molecule has 4 heteroatoms. The Morgan fingerprint density at radius 2 is 2.18 bits per heavy atom. The number of ether oxygens (including phenoxy) is 1. The van der Waals surface area contributed by atoms with Crippen LogP contribution in [0.3, 0.4) is 0 Å². The molecule has 1 unspecified atom stereocenters. The van der Waals surface area contributed by atoms with E-state index in [2.05, 4.69) is 0 Å². The Morgan fingerprint density at radius 3 is 2.71 bits per heavy atom. The normalized spacial score (nSPS) is 23.4. The standard InChI is InChI=1S/C13H25NO3/c1-5-11(15)10-7-6-8-14(9-10)12(16)17-13(2,3)4/h10-11,15H,5-9H2,1-4H3/t10?,11-/m0/s1. The molecule has 2 atom stereocenters. The maximum atomic E-state index is 11.9. The van der Waals surface area contributed by atoms with Crippen molar-refractivity contribution in [2.75, 3.05) is 13.1 Å². The van der Waals surface area contributed by atoms with E-state index < -0.39 is 5.60 Å². The highest BCUT2D eigenvalue weighted by Crippen LogP contribution is 2.23. The Balaban J connectivity index is 2.52. The van der Waals surface area contributed by atoms with Crippen LogP contribution in [0.15, 0.2) is 0 Å². The molecular formula is C13H25NO3. The Morgan fingerprint density at radius 1 is 1.53 bits per heavy atom. The first kappa shape index (κ1) is 14.3. The van der Waals surface area contributed by atoms with E-state index >= 15 is 0 Å². The third kappa shape index (κ3) is 4.54. The molecule has 1 aliphatic heterocycles. The Hall–Kier alpha value is -0.770. The number of rotatable bonds is 2. The minimum absolute atomic E-state index is 0.196. The van der Waals surface area contributed by atoms with Crippen molar-refractivity contribution in [3.63, 3.8) is 0 Å². The molecule has 1 amide bonds. The van der Waals surface area contributed by atoms with Crippen molar-refractivity contribution in [1.29, 1.82) is 0 Å². The van der Waals surface area contributed by atoms with Crippen molar-refractivity contribution in [3.8, 4) is 0 Å². The number of carbonyl (C=O) groups is 1. The second-order valence-corrected chi connectivity index (χ2v) is 5.80. The summed E-state index contributed by atoms with van der Waals surface area (Å²) in [5.41, 5.74) is -0.451. The topological polar surface area (TPSA) is 49.8 Å². The summed E-state index contributed by atoms with van der Waals surface area (Å²) in [5, 5.41) is 9.84. The predicted molar refractivity (Wildman–Crippen MR) is 66.8 cm³/mol. The molecule has 1 rings (SSSR count). The Bertz CT molecular complexity index is 260. The van der Waals surface area contributed by atoms with Crippen molar-refractivity contribution < 1.29 is 14.6 Å². The van der Waals surface area contributed by atoms with Crippen LogP contribution in [0, 0.1) is 5.92 Å². The highest BCUT2D eigenvalue weighted by molar-refractivity contribution is 5.68. The van der Waals surface area contributed by atoms with Crippen LogP contribution in [0.4, 0.5) is 4.79 Å². The van der Waals surface area contributed by atoms with Crippen molar-refractivity contribution in [2.45, 2.75) is 58.7 Å². The van der Waals surface area contributed by atoms with Crippen LogP contribution in [0.25, 0.3) is 0 Å². The van der Waals surface area contributed by atoms with Gasteiger partial charge in [-0.05, 0) is 40.0 Å². The number of hydrogen-bond donors (Lipinski definition) is 1. The van der Waals surface area contributed by atoms with Crippen LogP contribution in [0.1, 0.15) is 47.0 Å². The van der Waals surface area contributed by atoms with Gasteiger partial charge in [-0.2, -0.15) is 0 Å². The van der Waals surface area contributed by atoms with Gasteiger partial charge in [0.15, 0.2) is 0 Å². The largest absolute Gasteiger partial charge is 0.444 e. The number of amides is 1. The van der Waals surface area contributed by atoms with Crippen LogP contribution in [-0.4, -0.2) is 40.9 Å². The lowest BCUT2D eigenvalue weighted by Gasteiger charge is -2.35. The SMILES string of the molecule is CC[C@H](O)C1CCCN(C(=O)OC(C)(C)C)C1. The molecular weight excluding hydrogens is 218 g/mol. The van der Waals surface area contributed by atoms with Crippen molar-refractivity contribution >= 4 is 6.09 Å². The third-order valence-corrected chi connectivity index (χ3v) is 3.07. The number of likely N-dealkylation sites (tertiary alicyclic amines) is 1. The van der Waals surface area contributed by atoms with E-state index in [0.29, 0.717) is 6.54 Å². The second kappa shape index (κ2) is 5.71. The smallest absolute Gasteiger partial charge is 0.410 e. The van der Waals surface area contributed by atoms with E-state index in [0.717, 1.165) is 25.8 Å². The Labute approximate surface area is 104 Å². The van der Waals surface area contributed by atoms with Gasteiger partial charge in [0.2, 0.25) is 0 Å². The zero-order valence-corrected chi connectivity index (χ0v) is 11.4. The fourth-order valence-corrected chi connectivity index (χ4v) is 2.15. The van der Waals surface area contributed by atoms with E-state index in [-0.39, 0.29) is 18.1 Å².